The van der Waals surface area contributed by atoms with Crippen LogP contribution in [-0.2, 0) is 4.79 Å². The van der Waals surface area contributed by atoms with Crippen LogP contribution in [0.3, 0.4) is 0 Å². The predicted octanol–water partition coefficient (Wildman–Crippen LogP) is 6.80. The number of amides is 1. The average Bonchev–Trinajstić information content (AvgIpc) is 3.14. The first kappa shape index (κ1) is 22.0. The first-order valence-electron chi connectivity index (χ1n) is 8.43. The number of hydrogen-bond donors (Lipinski definition) is 2. The molecule has 2 aromatic carbocycles. The molecule has 0 aliphatic heterocycles. The van der Waals surface area contributed by atoms with E-state index in [1.807, 2.05) is 49.4 Å². The van der Waals surface area contributed by atoms with Gasteiger partial charge in [0.2, 0.25) is 5.91 Å². The van der Waals surface area contributed by atoms with Gasteiger partial charge in [-0.15, -0.1) is 0 Å². The largest absolute Gasteiger partial charge is 0.457 e. The predicted molar refractivity (Wildman–Crippen MR) is 134 cm³/mol. The summed E-state index contributed by atoms with van der Waals surface area (Å²) in [5.74, 6) is 0.869. The zero-order valence-corrected chi connectivity index (χ0v) is 20.4. The Labute approximate surface area is 201 Å². The van der Waals surface area contributed by atoms with Gasteiger partial charge < -0.3 is 9.73 Å². The first-order valence-corrected chi connectivity index (χ1v) is 11.1. The summed E-state index contributed by atoms with van der Waals surface area (Å²) >= 11 is 17.0. The third-order valence-corrected chi connectivity index (χ3v) is 5.90. The van der Waals surface area contributed by atoms with Gasteiger partial charge in [-0.25, -0.2) is 0 Å². The third-order valence-electron chi connectivity index (χ3n) is 3.90. The number of nitrogens with one attached hydrogen (secondary N) is 2. The average molecular weight is 602 g/mol. The molecule has 2 N–H and O–H groups in total. The molecule has 0 unspecified atom stereocenters. The van der Waals surface area contributed by atoms with Crippen LogP contribution >= 0.6 is 62.3 Å². The van der Waals surface area contributed by atoms with E-state index < -0.39 is 0 Å². The van der Waals surface area contributed by atoms with Gasteiger partial charge >= 0.3 is 0 Å². The Hall–Kier alpha value is -1.68. The minimum absolute atomic E-state index is 0.217. The maximum absolute atomic E-state index is 12.1. The normalized spacial score (nSPS) is 10.9. The van der Waals surface area contributed by atoms with Gasteiger partial charge in [0.25, 0.3) is 0 Å². The van der Waals surface area contributed by atoms with E-state index >= 15 is 0 Å². The Kier molecular flexibility index (Phi) is 7.50. The Morgan fingerprint density at radius 2 is 2.00 bits per heavy atom. The van der Waals surface area contributed by atoms with Gasteiger partial charge in [-0.1, -0.05) is 39.7 Å². The molecule has 1 heterocycles. The zero-order valence-electron chi connectivity index (χ0n) is 15.1. The summed E-state index contributed by atoms with van der Waals surface area (Å²) in [6.45, 7) is 1.94. The van der Waals surface area contributed by atoms with Crippen LogP contribution in [0, 0.1) is 10.5 Å². The lowest BCUT2D eigenvalue weighted by Crippen LogP contribution is -2.33. The smallest absolute Gasteiger partial charge is 0.250 e. The summed E-state index contributed by atoms with van der Waals surface area (Å²) < 4.78 is 7.71. The van der Waals surface area contributed by atoms with E-state index in [0.717, 1.165) is 24.9 Å². The van der Waals surface area contributed by atoms with Gasteiger partial charge in [0, 0.05) is 24.7 Å². The summed E-state index contributed by atoms with van der Waals surface area (Å²) in [4.78, 5) is 12.1. The number of rotatable bonds is 4. The molecule has 0 bridgehead atoms. The van der Waals surface area contributed by atoms with Crippen LogP contribution in [0.5, 0.6) is 0 Å². The van der Waals surface area contributed by atoms with Crippen molar-refractivity contribution in [1.82, 2.24) is 5.32 Å². The molecule has 0 spiro atoms. The molecule has 148 valence electrons. The number of hydrogen-bond acceptors (Lipinski definition) is 3. The van der Waals surface area contributed by atoms with E-state index in [0.29, 0.717) is 16.5 Å². The van der Waals surface area contributed by atoms with Crippen LogP contribution in [0.4, 0.5) is 5.69 Å². The van der Waals surface area contributed by atoms with Crippen LogP contribution in [0.2, 0.25) is 5.02 Å². The molecule has 3 aromatic rings. The Bertz CT molecular complexity index is 1110. The standard InChI is InChI=1S/C21H15BrClIN2O2S/c1-12-2-3-13(10-16(12)23)19-8-5-15(28-19)6-9-20(27)26-21(29)25-18-7-4-14(22)11-17(18)24/h2-11H,1H3,(H2,25,26,27,29)/b9-6+. The number of thiocarbonyl (C=S) groups is 1. The highest BCUT2D eigenvalue weighted by Gasteiger charge is 2.07. The van der Waals surface area contributed by atoms with Crippen molar-refractivity contribution in [2.45, 2.75) is 6.92 Å². The molecule has 8 heteroatoms. The van der Waals surface area contributed by atoms with Crippen molar-refractivity contribution in [3.8, 4) is 11.3 Å². The molecule has 1 amide bonds. The summed E-state index contributed by atoms with van der Waals surface area (Å²) in [6, 6.07) is 15.1. The van der Waals surface area contributed by atoms with Crippen molar-refractivity contribution >= 4 is 85.1 Å². The molecule has 0 radical (unpaired) electrons. The highest BCUT2D eigenvalue weighted by atomic mass is 127. The molecule has 0 saturated carbocycles. The topological polar surface area (TPSA) is 54.3 Å². The molecule has 0 fully saturated rings. The van der Waals surface area contributed by atoms with Gasteiger partial charge in [0.05, 0.1) is 5.69 Å². The van der Waals surface area contributed by atoms with E-state index in [9.17, 15) is 4.79 Å². The molecule has 1 aromatic heterocycles. The SMILES string of the molecule is Cc1ccc(-c2ccc(/C=C/C(=O)NC(=S)Nc3ccc(Br)cc3I)o2)cc1Cl. The van der Waals surface area contributed by atoms with Gasteiger partial charge in [0.15, 0.2) is 5.11 Å². The quantitative estimate of drug-likeness (QED) is 0.196. The lowest BCUT2D eigenvalue weighted by Gasteiger charge is -2.10. The van der Waals surface area contributed by atoms with E-state index in [2.05, 4.69) is 49.2 Å². The second kappa shape index (κ2) is 9.88. The minimum atomic E-state index is -0.356. The number of anilines is 1. The monoisotopic (exact) mass is 600 g/mol. The molecular weight excluding hydrogens is 587 g/mol. The van der Waals surface area contributed by atoms with Gasteiger partial charge in [-0.2, -0.15) is 0 Å². The summed E-state index contributed by atoms with van der Waals surface area (Å²) in [5, 5.41) is 6.51. The fourth-order valence-electron chi connectivity index (χ4n) is 2.40. The summed E-state index contributed by atoms with van der Waals surface area (Å²) in [6.07, 6.45) is 2.95. The number of furan rings is 1. The molecule has 0 aliphatic rings. The van der Waals surface area contributed by atoms with Crippen molar-refractivity contribution in [1.29, 1.82) is 0 Å². The molecule has 0 atom stereocenters. The minimum Gasteiger partial charge on any atom is -0.457 e. The Morgan fingerprint density at radius 1 is 1.21 bits per heavy atom. The highest BCUT2D eigenvalue weighted by Crippen LogP contribution is 2.27. The van der Waals surface area contributed by atoms with Crippen molar-refractivity contribution < 1.29 is 9.21 Å². The van der Waals surface area contributed by atoms with E-state index in [4.69, 9.17) is 28.2 Å². The van der Waals surface area contributed by atoms with Crippen LogP contribution in [-0.4, -0.2) is 11.0 Å². The molecule has 3 rings (SSSR count). The fraction of sp³-hybridized carbons (Fsp3) is 0.0476. The zero-order chi connectivity index (χ0) is 21.0. The molecule has 0 saturated heterocycles. The van der Waals surface area contributed by atoms with Gasteiger partial charge in [-0.05, 0) is 89.8 Å². The second-order valence-electron chi connectivity index (χ2n) is 6.07. The van der Waals surface area contributed by atoms with Crippen molar-refractivity contribution in [2.75, 3.05) is 5.32 Å². The number of carbonyl (C=O) groups excluding carboxylic acids is 1. The maximum atomic E-state index is 12.1. The number of benzene rings is 2. The van der Waals surface area contributed by atoms with Crippen molar-refractivity contribution in [2.24, 2.45) is 0 Å². The second-order valence-corrected chi connectivity index (χ2v) is 8.96. The van der Waals surface area contributed by atoms with Crippen LogP contribution in [0.15, 0.2) is 63.5 Å². The fourth-order valence-corrected chi connectivity index (χ4v) is 4.23. The van der Waals surface area contributed by atoms with E-state index in [1.165, 1.54) is 6.08 Å². The van der Waals surface area contributed by atoms with Crippen LogP contribution < -0.4 is 10.6 Å². The van der Waals surface area contributed by atoms with Crippen LogP contribution in [0.1, 0.15) is 11.3 Å². The third kappa shape index (κ3) is 6.15. The summed E-state index contributed by atoms with van der Waals surface area (Å²) in [7, 11) is 0. The molecule has 29 heavy (non-hydrogen) atoms. The number of aryl methyl sites for hydroxylation is 1. The first-order chi connectivity index (χ1) is 13.8. The molecule has 0 aliphatic carbocycles. The van der Waals surface area contributed by atoms with E-state index in [-0.39, 0.29) is 11.0 Å². The maximum Gasteiger partial charge on any atom is 0.250 e. The highest BCUT2D eigenvalue weighted by molar-refractivity contribution is 14.1. The van der Waals surface area contributed by atoms with Crippen molar-refractivity contribution in [3.63, 3.8) is 0 Å². The lowest BCUT2D eigenvalue weighted by molar-refractivity contribution is -0.115. The Morgan fingerprint density at radius 3 is 2.72 bits per heavy atom. The van der Waals surface area contributed by atoms with Gasteiger partial charge in [-0.3, -0.25) is 10.1 Å². The molecular formula is C21H15BrClIN2O2S. The Balaban J connectivity index is 1.59. The molecule has 4 nitrogen and oxygen atoms in total. The van der Waals surface area contributed by atoms with Crippen molar-refractivity contribution in [3.05, 3.63) is 79.0 Å². The lowest BCUT2D eigenvalue weighted by atomic mass is 10.1. The number of carbonyl (C=O) groups is 1. The van der Waals surface area contributed by atoms with Gasteiger partial charge in [0.1, 0.15) is 11.5 Å². The number of halogens is 3. The summed E-state index contributed by atoms with van der Waals surface area (Å²) in [5.41, 5.74) is 2.69. The van der Waals surface area contributed by atoms with Crippen LogP contribution in [0.25, 0.3) is 17.4 Å². The van der Waals surface area contributed by atoms with E-state index in [1.54, 1.807) is 12.1 Å².